The lowest BCUT2D eigenvalue weighted by atomic mass is 10.1. The predicted octanol–water partition coefficient (Wildman–Crippen LogP) is 20.7. The number of rotatable bonds is 1. The molecule has 0 saturated carbocycles. The highest BCUT2D eigenvalue weighted by atomic mass is 16.5. The van der Waals surface area contributed by atoms with Crippen molar-refractivity contribution in [3.05, 3.63) is 231 Å². The van der Waals surface area contributed by atoms with Gasteiger partial charge in [-0.25, -0.2) is 0 Å². The summed E-state index contributed by atoms with van der Waals surface area (Å²) < 4.78 is 12.6. The molecule has 0 atom stereocenters. The number of esters is 1. The summed E-state index contributed by atoms with van der Waals surface area (Å²) in [6.07, 6.45) is 0.667. The van der Waals surface area contributed by atoms with Crippen LogP contribution in [0.15, 0.2) is 231 Å². The van der Waals surface area contributed by atoms with E-state index in [2.05, 4.69) is 62.7 Å². The molecular weight excluding hydrogens is 913 g/mol. The van der Waals surface area contributed by atoms with Crippen molar-refractivity contribution in [2.24, 2.45) is 0 Å². The number of Topliss-reactive ketones (excluding diaryl/α,β-unsaturated/α-hetero) is 2. The molecule has 0 unspecified atom stereocenters. The third kappa shape index (κ3) is 132. The third-order valence-electron chi connectivity index (χ3n) is 5.78. The lowest BCUT2D eigenvalue weighted by Gasteiger charge is -1.92. The summed E-state index contributed by atoms with van der Waals surface area (Å²) in [5.74, 6) is 0.176. The van der Waals surface area contributed by atoms with Crippen LogP contribution in [0.2, 0.25) is 0 Å². The molecule has 0 saturated heterocycles. The Morgan fingerprint density at radius 2 is 0.365 bits per heavy atom. The zero-order valence-electron chi connectivity index (χ0n) is 51.6. The van der Waals surface area contributed by atoms with Gasteiger partial charge >= 0.3 is 5.97 Å². The summed E-state index contributed by atoms with van der Waals surface area (Å²) in [7, 11) is 7.85. The largest absolute Gasteiger partial charge is 0.469 e. The summed E-state index contributed by atoms with van der Waals surface area (Å²) in [6, 6.07) is 76.7. The van der Waals surface area contributed by atoms with Gasteiger partial charge in [-0.15, -0.1) is 0 Å². The number of ether oxygens (including phenoxy) is 3. The molecule has 0 spiro atoms. The number of ketones is 2. The van der Waals surface area contributed by atoms with Crippen LogP contribution >= 0.6 is 0 Å². The van der Waals surface area contributed by atoms with E-state index in [0.717, 1.165) is 0 Å². The molecular formula is C68H112O6. The minimum atomic E-state index is -0.245. The zero-order valence-corrected chi connectivity index (χ0v) is 51.6. The monoisotopic (exact) mass is 1020 g/mol. The summed E-state index contributed by atoms with van der Waals surface area (Å²) in [5, 5.41) is 2.62. The lowest BCUT2D eigenvalue weighted by Crippen LogP contribution is -1.88. The fourth-order valence-electron chi connectivity index (χ4n) is 3.06. The molecule has 0 aliphatic rings. The van der Waals surface area contributed by atoms with Gasteiger partial charge in [0.05, 0.1) is 7.11 Å². The number of hydrogen-bond donors (Lipinski definition) is 0. The van der Waals surface area contributed by atoms with Crippen molar-refractivity contribution in [1.29, 1.82) is 0 Å². The molecule has 0 aromatic heterocycles. The van der Waals surface area contributed by atoms with Crippen LogP contribution < -0.4 is 0 Å². The second kappa shape index (κ2) is 112. The molecule has 0 amide bonds. The van der Waals surface area contributed by atoms with Crippen molar-refractivity contribution in [3.8, 4) is 0 Å². The van der Waals surface area contributed by atoms with E-state index >= 15 is 0 Å². The average molecular weight is 1030 g/mol. The molecule has 420 valence electrons. The fraction of sp³-hybridized carbons (Fsp3) is 0.368. The highest BCUT2D eigenvalue weighted by Gasteiger charge is 1.85. The Morgan fingerprint density at radius 3 is 0.419 bits per heavy atom. The first kappa shape index (κ1) is 93.5. The van der Waals surface area contributed by atoms with Gasteiger partial charge in [-0.3, -0.25) is 4.79 Å². The van der Waals surface area contributed by atoms with E-state index in [1.807, 2.05) is 286 Å². The van der Waals surface area contributed by atoms with E-state index < -0.39 is 0 Å². The van der Waals surface area contributed by atoms with Gasteiger partial charge in [0.2, 0.25) is 0 Å². The first-order chi connectivity index (χ1) is 36.1. The first-order valence-electron chi connectivity index (χ1n) is 26.3. The zero-order chi connectivity index (χ0) is 59.6. The molecule has 7 rings (SSSR count). The Hall–Kier alpha value is -6.47. The van der Waals surface area contributed by atoms with Gasteiger partial charge in [0, 0.05) is 41.8 Å². The Kier molecular flexibility index (Phi) is 141. The number of fused-ring (bicyclic) bond motifs is 1. The summed E-state index contributed by atoms with van der Waals surface area (Å²) in [4.78, 5) is 28.8. The second-order valence-corrected chi connectivity index (χ2v) is 11.6. The number of benzene rings is 7. The Labute approximate surface area is 459 Å². The number of hydrogen-bond acceptors (Lipinski definition) is 6. The van der Waals surface area contributed by atoms with E-state index in [1.54, 1.807) is 35.4 Å². The average Bonchev–Trinajstić information content (AvgIpc) is 3.50. The standard InChI is InChI=1S/C10H8.5C6H6.C4H8O.C3H6O2.C3H6O.2C2H6O.7C2H6/c1-2-6-10-8-4-3-7-9(10)5-1;5*1-2-4-6-5-3-1;1-3-4(2)5;1-3(4)5-2;1-3(2)4;2*1-3-2;7*1-2/h1-8H;5*1-6H;3H2,1-2H3;1-2H3;1-2H3;2*1-2H3;7*1-2H3. The van der Waals surface area contributed by atoms with Gasteiger partial charge < -0.3 is 23.8 Å². The first-order valence-corrected chi connectivity index (χ1v) is 26.3. The molecule has 7 aromatic rings. The Bertz CT molecular complexity index is 1390. The minimum absolute atomic E-state index is 0.167. The van der Waals surface area contributed by atoms with Crippen molar-refractivity contribution >= 4 is 28.3 Å². The summed E-state index contributed by atoms with van der Waals surface area (Å²) >= 11 is 0. The van der Waals surface area contributed by atoms with Crippen LogP contribution in [0.25, 0.3) is 10.8 Å². The molecule has 0 aliphatic heterocycles. The molecule has 0 fully saturated rings. The smallest absolute Gasteiger partial charge is 0.302 e. The van der Waals surface area contributed by atoms with Crippen LogP contribution in [0.3, 0.4) is 0 Å². The maximum Gasteiger partial charge on any atom is 0.302 e. The van der Waals surface area contributed by atoms with Crippen molar-refractivity contribution in [2.75, 3.05) is 35.5 Å². The maximum atomic E-state index is 9.81. The van der Waals surface area contributed by atoms with E-state index in [1.165, 1.54) is 38.7 Å². The second-order valence-electron chi connectivity index (χ2n) is 11.6. The number of methoxy groups -OCH3 is 3. The van der Waals surface area contributed by atoms with Crippen molar-refractivity contribution in [3.63, 3.8) is 0 Å². The van der Waals surface area contributed by atoms with Gasteiger partial charge in [0.1, 0.15) is 11.6 Å². The minimum Gasteiger partial charge on any atom is -0.469 e. The predicted molar refractivity (Wildman–Crippen MR) is 336 cm³/mol. The van der Waals surface area contributed by atoms with Crippen LogP contribution in [-0.2, 0) is 28.6 Å². The van der Waals surface area contributed by atoms with Crippen LogP contribution in [0.4, 0.5) is 0 Å². The van der Waals surface area contributed by atoms with Crippen LogP contribution in [-0.4, -0.2) is 53.1 Å². The van der Waals surface area contributed by atoms with Gasteiger partial charge in [-0.2, -0.15) is 0 Å². The van der Waals surface area contributed by atoms with Gasteiger partial charge in [0.15, 0.2) is 0 Å². The third-order valence-corrected chi connectivity index (χ3v) is 5.78. The molecule has 7 aromatic carbocycles. The highest BCUT2D eigenvalue weighted by molar-refractivity contribution is 5.82. The lowest BCUT2D eigenvalue weighted by molar-refractivity contribution is -0.138. The van der Waals surface area contributed by atoms with Crippen LogP contribution in [0.1, 0.15) is 138 Å². The highest BCUT2D eigenvalue weighted by Crippen LogP contribution is 2.11. The molecule has 0 radical (unpaired) electrons. The fourth-order valence-corrected chi connectivity index (χ4v) is 3.06. The molecule has 6 heteroatoms. The SMILES string of the molecule is CC.CC.CC.CC.CC.CC.CC.CC(C)=O.CCC(C)=O.COC.COC.COC(C)=O.c1ccc2ccccc2c1.c1ccccc1.c1ccccc1.c1ccccc1.c1ccccc1.c1ccccc1. The van der Waals surface area contributed by atoms with Crippen LogP contribution in [0.5, 0.6) is 0 Å². The topological polar surface area (TPSA) is 78.9 Å². The van der Waals surface area contributed by atoms with Crippen molar-refractivity contribution < 1.29 is 28.6 Å². The van der Waals surface area contributed by atoms with Gasteiger partial charge in [0.25, 0.3) is 0 Å². The van der Waals surface area contributed by atoms with Crippen LogP contribution in [0, 0.1) is 0 Å². The van der Waals surface area contributed by atoms with E-state index in [4.69, 9.17) is 0 Å². The Balaban J connectivity index is -0.0000000648. The number of carbonyl (C=O) groups excluding carboxylic acids is 3. The maximum absolute atomic E-state index is 9.81. The van der Waals surface area contributed by atoms with Crippen molar-refractivity contribution in [2.45, 2.75) is 138 Å². The quantitative estimate of drug-likeness (QED) is 0.152. The van der Waals surface area contributed by atoms with E-state index in [-0.39, 0.29) is 17.5 Å². The molecule has 74 heavy (non-hydrogen) atoms. The normalized spacial score (nSPS) is 6.97. The summed E-state index contributed by atoms with van der Waals surface area (Å²) in [6.45, 7) is 35.8. The number of carbonyl (C=O) groups is 3. The van der Waals surface area contributed by atoms with Gasteiger partial charge in [-0.1, -0.05) is 334 Å². The van der Waals surface area contributed by atoms with E-state index in [9.17, 15) is 14.4 Å². The molecule has 0 bridgehead atoms. The molecule has 0 N–H and O–H groups in total. The van der Waals surface area contributed by atoms with Gasteiger partial charge in [-0.05, 0) is 31.5 Å². The van der Waals surface area contributed by atoms with Crippen molar-refractivity contribution in [1.82, 2.24) is 0 Å². The molecule has 6 nitrogen and oxygen atoms in total. The molecule has 0 aliphatic carbocycles. The Morgan fingerprint density at radius 1 is 0.284 bits per heavy atom. The molecule has 0 heterocycles. The summed E-state index contributed by atoms with van der Waals surface area (Å²) in [5.41, 5.74) is 0. The van der Waals surface area contributed by atoms with E-state index in [0.29, 0.717) is 6.42 Å².